The number of aromatic nitrogens is 1. The number of thiophene rings is 1. The number of carbonyl (C=O) groups is 2. The van der Waals surface area contributed by atoms with E-state index in [2.05, 4.69) is 10.3 Å². The smallest absolute Gasteiger partial charge is 0.271 e. The van der Waals surface area contributed by atoms with Crippen LogP contribution in [0.2, 0.25) is 0 Å². The van der Waals surface area contributed by atoms with Gasteiger partial charge < -0.3 is 15.2 Å². The van der Waals surface area contributed by atoms with Crippen molar-refractivity contribution in [2.45, 2.75) is 38.3 Å². The Hall–Kier alpha value is -2.86. The highest BCUT2D eigenvalue weighted by atomic mass is 32.1. The van der Waals surface area contributed by atoms with Gasteiger partial charge in [0.25, 0.3) is 5.91 Å². The van der Waals surface area contributed by atoms with Gasteiger partial charge in [0.1, 0.15) is 12.2 Å². The summed E-state index contributed by atoms with van der Waals surface area (Å²) in [5, 5.41) is 5.07. The fourth-order valence-electron chi connectivity index (χ4n) is 3.78. The number of nitrogens with zero attached hydrogens (tertiary/aromatic N) is 1. The lowest BCUT2D eigenvalue weighted by Gasteiger charge is -2.22. The van der Waals surface area contributed by atoms with Crippen LogP contribution in [-0.2, 0) is 11.3 Å². The molecule has 0 spiro atoms. The number of hydrogen-bond acceptors (Lipinski definition) is 3. The van der Waals surface area contributed by atoms with E-state index in [0.717, 1.165) is 41.8 Å². The van der Waals surface area contributed by atoms with Crippen LogP contribution in [0.3, 0.4) is 0 Å². The maximum atomic E-state index is 13.2. The molecular weight excluding hydrogens is 382 g/mol. The van der Waals surface area contributed by atoms with Gasteiger partial charge in [-0.2, -0.15) is 0 Å². The van der Waals surface area contributed by atoms with Crippen LogP contribution in [0.1, 0.15) is 41.0 Å². The molecule has 29 heavy (non-hydrogen) atoms. The summed E-state index contributed by atoms with van der Waals surface area (Å²) in [5.41, 5.74) is 2.41. The minimum Gasteiger partial charge on any atom is -0.352 e. The molecule has 1 aliphatic rings. The number of benzene rings is 1. The van der Waals surface area contributed by atoms with Crippen LogP contribution in [0, 0.1) is 0 Å². The monoisotopic (exact) mass is 407 g/mol. The van der Waals surface area contributed by atoms with Gasteiger partial charge in [-0.05, 0) is 42.0 Å². The van der Waals surface area contributed by atoms with Crippen molar-refractivity contribution < 1.29 is 9.59 Å². The molecule has 6 heteroatoms. The van der Waals surface area contributed by atoms with Crippen LogP contribution in [0.15, 0.2) is 60.0 Å². The van der Waals surface area contributed by atoms with Gasteiger partial charge >= 0.3 is 0 Å². The molecule has 0 radical (unpaired) electrons. The Labute approximate surface area is 174 Å². The predicted molar refractivity (Wildman–Crippen MR) is 116 cm³/mol. The second kappa shape index (κ2) is 9.09. The molecule has 5 nitrogen and oxygen atoms in total. The van der Waals surface area contributed by atoms with Crippen LogP contribution in [0.5, 0.6) is 0 Å². The third kappa shape index (κ3) is 4.95. The number of rotatable bonds is 7. The van der Waals surface area contributed by atoms with E-state index in [0.29, 0.717) is 12.2 Å². The molecule has 0 unspecified atom stereocenters. The minimum atomic E-state index is -0.165. The molecule has 0 atom stereocenters. The lowest BCUT2D eigenvalue weighted by Crippen LogP contribution is -2.43. The van der Waals surface area contributed by atoms with E-state index in [9.17, 15) is 9.59 Å². The van der Waals surface area contributed by atoms with Crippen molar-refractivity contribution in [3.63, 3.8) is 0 Å². The van der Waals surface area contributed by atoms with Crippen LogP contribution in [0.4, 0.5) is 0 Å². The number of carbonyl (C=O) groups excluding carboxylic acids is 2. The maximum absolute atomic E-state index is 13.2. The maximum Gasteiger partial charge on any atom is 0.271 e. The lowest BCUT2D eigenvalue weighted by atomic mass is 10.2. The van der Waals surface area contributed by atoms with Gasteiger partial charge in [-0.1, -0.05) is 49.2 Å². The van der Waals surface area contributed by atoms with Gasteiger partial charge in [0.15, 0.2) is 0 Å². The molecule has 2 heterocycles. The Bertz CT molecular complexity index is 944. The number of H-pyrrole nitrogens is 1. The molecule has 150 valence electrons. The highest BCUT2D eigenvalue weighted by Crippen LogP contribution is 2.21. The molecule has 1 saturated carbocycles. The van der Waals surface area contributed by atoms with E-state index >= 15 is 0 Å². The largest absolute Gasteiger partial charge is 0.352 e. The summed E-state index contributed by atoms with van der Waals surface area (Å²) >= 11 is 1.59. The standard InChI is InChI=1S/C23H25N3O2S/c27-22(24-18-9-4-5-10-18)16-26(15-19-11-6-14-29-19)23(28)21-13-12-20(25-21)17-7-2-1-3-8-17/h1-3,6-8,11-14,18,25H,4-5,9-10,15-16H2,(H,24,27). The first-order chi connectivity index (χ1) is 14.2. The van der Waals surface area contributed by atoms with Crippen molar-refractivity contribution in [3.05, 3.63) is 70.5 Å². The molecule has 2 N–H and O–H groups in total. The SMILES string of the molecule is O=C(CN(Cc1cccs1)C(=O)c1ccc(-c2ccccc2)[nH]1)NC1CCCC1. The van der Waals surface area contributed by atoms with E-state index in [4.69, 9.17) is 0 Å². The van der Waals surface area contributed by atoms with Crippen molar-refractivity contribution >= 4 is 23.2 Å². The number of amides is 2. The fraction of sp³-hybridized carbons (Fsp3) is 0.304. The van der Waals surface area contributed by atoms with E-state index in [1.807, 2.05) is 53.9 Å². The predicted octanol–water partition coefficient (Wildman–Crippen LogP) is 4.44. The zero-order valence-corrected chi connectivity index (χ0v) is 17.1. The highest BCUT2D eigenvalue weighted by Gasteiger charge is 2.23. The van der Waals surface area contributed by atoms with E-state index in [-0.39, 0.29) is 24.4 Å². The van der Waals surface area contributed by atoms with E-state index < -0.39 is 0 Å². The summed E-state index contributed by atoms with van der Waals surface area (Å²) < 4.78 is 0. The normalized spacial score (nSPS) is 14.1. The minimum absolute atomic E-state index is 0.0624. The molecule has 2 amide bonds. The summed E-state index contributed by atoms with van der Waals surface area (Å²) in [6.45, 7) is 0.487. The van der Waals surface area contributed by atoms with Gasteiger partial charge in [-0.25, -0.2) is 0 Å². The molecule has 1 fully saturated rings. The molecule has 0 aliphatic heterocycles. The quantitative estimate of drug-likeness (QED) is 0.608. The molecular formula is C23H25N3O2S. The van der Waals surface area contributed by atoms with Crippen molar-refractivity contribution in [1.82, 2.24) is 15.2 Å². The number of aromatic amines is 1. The average Bonchev–Trinajstić information content (AvgIpc) is 3.50. The molecule has 3 aromatic rings. The summed E-state index contributed by atoms with van der Waals surface area (Å²) in [6, 6.07) is 17.8. The average molecular weight is 408 g/mol. The Balaban J connectivity index is 1.49. The van der Waals surface area contributed by atoms with E-state index in [1.54, 1.807) is 22.3 Å². The van der Waals surface area contributed by atoms with Crippen molar-refractivity contribution in [3.8, 4) is 11.3 Å². The van der Waals surface area contributed by atoms with Crippen molar-refractivity contribution in [2.24, 2.45) is 0 Å². The van der Waals surface area contributed by atoms with Gasteiger partial charge in [-0.3, -0.25) is 9.59 Å². The first-order valence-electron chi connectivity index (χ1n) is 10.0. The summed E-state index contributed by atoms with van der Waals surface area (Å²) in [7, 11) is 0. The Morgan fingerprint density at radius 3 is 2.55 bits per heavy atom. The fourth-order valence-corrected chi connectivity index (χ4v) is 4.50. The zero-order valence-electron chi connectivity index (χ0n) is 16.3. The van der Waals surface area contributed by atoms with Gasteiger partial charge in [-0.15, -0.1) is 11.3 Å². The molecule has 1 aromatic carbocycles. The Kier molecular flexibility index (Phi) is 6.10. The molecule has 2 aromatic heterocycles. The first-order valence-corrected chi connectivity index (χ1v) is 10.9. The second-order valence-electron chi connectivity index (χ2n) is 7.44. The van der Waals surface area contributed by atoms with Crippen molar-refractivity contribution in [2.75, 3.05) is 6.54 Å². The van der Waals surface area contributed by atoms with Crippen LogP contribution < -0.4 is 5.32 Å². The third-order valence-electron chi connectivity index (χ3n) is 5.27. The summed E-state index contributed by atoms with van der Waals surface area (Å²) in [4.78, 5) is 31.7. The van der Waals surface area contributed by atoms with Gasteiger partial charge in [0.05, 0.1) is 6.54 Å². The zero-order chi connectivity index (χ0) is 20.1. The topological polar surface area (TPSA) is 65.2 Å². The second-order valence-corrected chi connectivity index (χ2v) is 8.47. The summed E-state index contributed by atoms with van der Waals surface area (Å²) in [6.07, 6.45) is 4.38. The van der Waals surface area contributed by atoms with E-state index in [1.165, 1.54) is 0 Å². The van der Waals surface area contributed by atoms with Gasteiger partial charge in [0, 0.05) is 16.6 Å². The molecule has 0 bridgehead atoms. The third-order valence-corrected chi connectivity index (χ3v) is 6.13. The van der Waals surface area contributed by atoms with Gasteiger partial charge in [0.2, 0.25) is 5.91 Å². The van der Waals surface area contributed by atoms with Crippen molar-refractivity contribution in [1.29, 1.82) is 0 Å². The first kappa shape index (κ1) is 19.5. The Morgan fingerprint density at radius 2 is 1.83 bits per heavy atom. The number of hydrogen-bond donors (Lipinski definition) is 2. The molecule has 0 saturated heterocycles. The molecule has 1 aliphatic carbocycles. The number of nitrogens with one attached hydrogen (secondary N) is 2. The molecule has 4 rings (SSSR count). The van der Waals surface area contributed by atoms with Crippen LogP contribution in [0.25, 0.3) is 11.3 Å². The highest BCUT2D eigenvalue weighted by molar-refractivity contribution is 7.09. The Morgan fingerprint density at radius 1 is 1.03 bits per heavy atom. The van der Waals surface area contributed by atoms with Crippen LogP contribution >= 0.6 is 11.3 Å². The summed E-state index contributed by atoms with van der Waals surface area (Å²) in [5.74, 6) is -0.251. The van der Waals surface area contributed by atoms with Crippen LogP contribution in [-0.4, -0.2) is 34.3 Å². The lowest BCUT2D eigenvalue weighted by molar-refractivity contribution is -0.122.